The fraction of sp³-hybridized carbons (Fsp3) is 0.188. The second kappa shape index (κ2) is 9.07. The monoisotopic (exact) mass is 400 g/mol. The second-order valence-corrected chi connectivity index (χ2v) is 5.75. The highest BCUT2D eigenvalue weighted by Crippen LogP contribution is 2.11. The number of hydrogen-bond acceptors (Lipinski definition) is 9. The van der Waals surface area contributed by atoms with Gasteiger partial charge >= 0.3 is 11.4 Å². The van der Waals surface area contributed by atoms with Crippen molar-refractivity contribution in [1.82, 2.24) is 38.6 Å². The number of aromatic amines is 1. The number of nitrogen functional groups attached to an aromatic ring is 2. The Hall–Kier alpha value is -4.29. The van der Waals surface area contributed by atoms with Crippen LogP contribution in [0, 0.1) is 0 Å². The lowest BCUT2D eigenvalue weighted by molar-refractivity contribution is 0.799. The zero-order chi connectivity index (χ0) is 21.6. The average molecular weight is 400 g/mol. The molecule has 13 heteroatoms. The van der Waals surface area contributed by atoms with E-state index in [9.17, 15) is 14.4 Å². The topological polar surface area (TPSA) is 185 Å². The van der Waals surface area contributed by atoms with Gasteiger partial charge in [0.1, 0.15) is 17.7 Å². The summed E-state index contributed by atoms with van der Waals surface area (Å²) in [5.41, 5.74) is 11.1. The largest absolute Gasteiger partial charge is 0.383 e. The number of fused-ring (bicyclic) bond motifs is 1. The van der Waals surface area contributed by atoms with Crippen LogP contribution in [0.15, 0.2) is 51.6 Å². The second-order valence-electron chi connectivity index (χ2n) is 5.75. The van der Waals surface area contributed by atoms with Crippen molar-refractivity contribution in [3.63, 3.8) is 0 Å². The maximum absolute atomic E-state index is 10.6. The minimum atomic E-state index is -0.387. The fourth-order valence-electron chi connectivity index (χ4n) is 1.92. The molecule has 0 aliphatic carbocycles. The highest BCUT2D eigenvalue weighted by Gasteiger charge is 2.03. The minimum absolute atomic E-state index is 0.262. The molecule has 4 rings (SSSR count). The lowest BCUT2D eigenvalue weighted by atomic mass is 10.5. The minimum Gasteiger partial charge on any atom is -0.383 e. The van der Waals surface area contributed by atoms with Gasteiger partial charge in [0.05, 0.1) is 6.33 Å². The summed E-state index contributed by atoms with van der Waals surface area (Å²) >= 11 is 0. The van der Waals surface area contributed by atoms with E-state index < -0.39 is 0 Å². The van der Waals surface area contributed by atoms with Crippen molar-refractivity contribution in [2.24, 2.45) is 21.1 Å². The van der Waals surface area contributed by atoms with Gasteiger partial charge in [-0.2, -0.15) is 4.98 Å². The standard InChI is InChI=1S/C6H7N5.C5H7N3O.C5H6N2O2/c1-11-3-10-4-5(7)8-2-9-6(4)11;1-8-3-2-4(6)7-5(8)9;1-7-3-2-4(8)6-5(7)9/h2-3H,1H3,(H2,7,8,9);2-3H,1H3,(H2,6,7,9);2-3H,1H3,(H,6,8,9). The number of rotatable bonds is 0. The number of hydrogen-bond donors (Lipinski definition) is 3. The van der Waals surface area contributed by atoms with Crippen LogP contribution in [0.2, 0.25) is 0 Å². The van der Waals surface area contributed by atoms with E-state index in [1.807, 2.05) is 7.05 Å². The average Bonchev–Trinajstić information content (AvgIpc) is 3.06. The van der Waals surface area contributed by atoms with E-state index in [1.165, 1.54) is 27.7 Å². The van der Waals surface area contributed by atoms with Gasteiger partial charge < -0.3 is 25.2 Å². The zero-order valence-electron chi connectivity index (χ0n) is 16.0. The quantitative estimate of drug-likeness (QED) is 0.312. The molecule has 152 valence electrons. The summed E-state index contributed by atoms with van der Waals surface area (Å²) in [7, 11) is 5.05. The molecule has 5 N–H and O–H groups in total. The summed E-state index contributed by atoms with van der Waals surface area (Å²) in [6.45, 7) is 0. The van der Waals surface area contributed by atoms with Crippen molar-refractivity contribution < 1.29 is 0 Å². The van der Waals surface area contributed by atoms with Gasteiger partial charge in [-0.25, -0.2) is 24.5 Å². The number of H-pyrrole nitrogens is 1. The number of imidazole rings is 1. The molecule has 4 aromatic rings. The van der Waals surface area contributed by atoms with Crippen molar-refractivity contribution in [3.8, 4) is 0 Å². The smallest absolute Gasteiger partial charge is 0.349 e. The molecule has 0 unspecified atom stereocenters. The zero-order valence-corrected chi connectivity index (χ0v) is 16.0. The molecule has 13 nitrogen and oxygen atoms in total. The third-order valence-electron chi connectivity index (χ3n) is 3.52. The first-order valence-electron chi connectivity index (χ1n) is 8.11. The lowest BCUT2D eigenvalue weighted by Gasteiger charge is -1.92. The Bertz CT molecular complexity index is 1280. The number of aryl methyl sites for hydroxylation is 3. The summed E-state index contributed by atoms with van der Waals surface area (Å²) in [5, 5.41) is 0. The molecule has 0 bridgehead atoms. The van der Waals surface area contributed by atoms with Crippen molar-refractivity contribution in [3.05, 3.63) is 68.5 Å². The van der Waals surface area contributed by atoms with Gasteiger partial charge in [0.2, 0.25) is 0 Å². The summed E-state index contributed by atoms with van der Waals surface area (Å²) < 4.78 is 4.45. The SMILES string of the molecule is Cn1ccc(=O)[nH]c1=O.Cn1ccc(N)nc1=O.Cn1cnc2c(N)ncnc21. The molecule has 0 fully saturated rings. The molecular weight excluding hydrogens is 380 g/mol. The first kappa shape index (κ1) is 21.0. The molecule has 4 heterocycles. The van der Waals surface area contributed by atoms with Crippen molar-refractivity contribution in [2.75, 3.05) is 11.5 Å². The van der Waals surface area contributed by atoms with Gasteiger partial charge in [0.25, 0.3) is 5.56 Å². The number of anilines is 2. The van der Waals surface area contributed by atoms with Crippen molar-refractivity contribution in [2.45, 2.75) is 0 Å². The molecule has 0 saturated carbocycles. The first-order valence-corrected chi connectivity index (χ1v) is 8.11. The Morgan fingerprint density at radius 1 is 0.897 bits per heavy atom. The summed E-state index contributed by atoms with van der Waals surface area (Å²) in [4.78, 5) is 48.9. The summed E-state index contributed by atoms with van der Waals surface area (Å²) in [6, 6.07) is 2.86. The predicted molar refractivity (Wildman–Crippen MR) is 107 cm³/mol. The maximum atomic E-state index is 10.6. The third-order valence-corrected chi connectivity index (χ3v) is 3.52. The highest BCUT2D eigenvalue weighted by molar-refractivity contribution is 5.80. The Kier molecular flexibility index (Phi) is 6.58. The van der Waals surface area contributed by atoms with Crippen molar-refractivity contribution >= 4 is 22.8 Å². The molecule has 0 spiro atoms. The van der Waals surface area contributed by atoms with E-state index in [0.717, 1.165) is 5.65 Å². The number of aromatic nitrogens is 8. The van der Waals surface area contributed by atoms with E-state index in [1.54, 1.807) is 37.3 Å². The van der Waals surface area contributed by atoms with Crippen LogP contribution in [-0.2, 0) is 21.1 Å². The molecule has 0 amide bonds. The first-order chi connectivity index (χ1) is 13.7. The Labute approximate surface area is 163 Å². The molecule has 4 aromatic heterocycles. The summed E-state index contributed by atoms with van der Waals surface area (Å²) in [6.07, 6.45) is 6.08. The highest BCUT2D eigenvalue weighted by atomic mass is 16.2. The Morgan fingerprint density at radius 2 is 1.59 bits per heavy atom. The van der Waals surface area contributed by atoms with Gasteiger partial charge in [-0.1, -0.05) is 0 Å². The van der Waals surface area contributed by atoms with Crippen LogP contribution in [0.3, 0.4) is 0 Å². The van der Waals surface area contributed by atoms with Crippen LogP contribution in [0.1, 0.15) is 0 Å². The maximum Gasteiger partial charge on any atom is 0.349 e. The fourth-order valence-corrected chi connectivity index (χ4v) is 1.92. The van der Waals surface area contributed by atoms with Crippen LogP contribution in [0.4, 0.5) is 11.6 Å². The van der Waals surface area contributed by atoms with Gasteiger partial charge in [0.15, 0.2) is 11.5 Å². The molecule has 0 saturated heterocycles. The number of nitrogens with one attached hydrogen (secondary N) is 1. The molecular formula is C16H20N10O3. The van der Waals surface area contributed by atoms with E-state index >= 15 is 0 Å². The van der Waals surface area contributed by atoms with E-state index in [4.69, 9.17) is 11.5 Å². The number of nitrogens with zero attached hydrogens (tertiary/aromatic N) is 7. The molecule has 0 aliphatic rings. The molecule has 0 aromatic carbocycles. The summed E-state index contributed by atoms with van der Waals surface area (Å²) in [5.74, 6) is 0.689. The van der Waals surface area contributed by atoms with Crippen LogP contribution in [0.5, 0.6) is 0 Å². The van der Waals surface area contributed by atoms with Crippen LogP contribution >= 0.6 is 0 Å². The molecule has 29 heavy (non-hydrogen) atoms. The Balaban J connectivity index is 0.000000157. The molecule has 0 radical (unpaired) electrons. The van der Waals surface area contributed by atoms with Crippen LogP contribution in [-0.4, -0.2) is 38.6 Å². The lowest BCUT2D eigenvalue weighted by Crippen LogP contribution is -2.26. The Morgan fingerprint density at radius 3 is 2.14 bits per heavy atom. The van der Waals surface area contributed by atoms with E-state index in [2.05, 4.69) is 24.9 Å². The molecule has 0 aliphatic heterocycles. The number of nitrogens with two attached hydrogens (primary N) is 2. The van der Waals surface area contributed by atoms with E-state index in [-0.39, 0.29) is 22.8 Å². The van der Waals surface area contributed by atoms with Crippen LogP contribution < -0.4 is 28.4 Å². The van der Waals surface area contributed by atoms with Gasteiger partial charge in [-0.05, 0) is 6.07 Å². The van der Waals surface area contributed by atoms with Crippen LogP contribution in [0.25, 0.3) is 11.2 Å². The third kappa shape index (κ3) is 5.59. The van der Waals surface area contributed by atoms with Gasteiger partial charge in [-0.3, -0.25) is 9.78 Å². The predicted octanol–water partition coefficient (Wildman–Crippen LogP) is -1.62. The van der Waals surface area contributed by atoms with Crippen molar-refractivity contribution in [1.29, 1.82) is 0 Å². The van der Waals surface area contributed by atoms with Gasteiger partial charge in [-0.15, -0.1) is 0 Å². The van der Waals surface area contributed by atoms with Gasteiger partial charge in [0, 0.05) is 39.6 Å². The van der Waals surface area contributed by atoms with E-state index in [0.29, 0.717) is 11.3 Å². The molecule has 0 atom stereocenters. The normalized spacial score (nSPS) is 9.90.